The van der Waals surface area contributed by atoms with Crippen LogP contribution in [-0.2, 0) is 9.53 Å². The van der Waals surface area contributed by atoms with Crippen molar-refractivity contribution in [3.63, 3.8) is 0 Å². The number of carbonyl (C=O) groups excluding carboxylic acids is 1. The van der Waals surface area contributed by atoms with Gasteiger partial charge >= 0.3 is 12.1 Å². The summed E-state index contributed by atoms with van der Waals surface area (Å²) < 4.78 is 5.26. The largest absolute Gasteiger partial charge is 0.480 e. The molecular formula is C13H24N2O4. The molecule has 1 N–H and O–H groups in total. The Labute approximate surface area is 114 Å². The minimum atomic E-state index is -0.990. The van der Waals surface area contributed by atoms with Gasteiger partial charge < -0.3 is 9.84 Å². The lowest BCUT2D eigenvalue weighted by molar-refractivity contribution is -0.145. The van der Waals surface area contributed by atoms with Gasteiger partial charge in [0, 0.05) is 25.7 Å². The van der Waals surface area contributed by atoms with E-state index in [4.69, 9.17) is 4.74 Å². The van der Waals surface area contributed by atoms with Crippen molar-refractivity contribution in [2.45, 2.75) is 52.3 Å². The van der Waals surface area contributed by atoms with Crippen molar-refractivity contribution >= 4 is 12.1 Å². The molecule has 1 amide bonds. The SMILES string of the molecule is CC(C)N1CCN(C(=O)OC(C)(C)C)[C@@H](C(=O)O)C1. The van der Waals surface area contributed by atoms with E-state index in [1.165, 1.54) is 4.90 Å². The molecule has 0 bridgehead atoms. The third-order valence-corrected chi connectivity index (χ3v) is 3.06. The van der Waals surface area contributed by atoms with Crippen LogP contribution >= 0.6 is 0 Å². The summed E-state index contributed by atoms with van der Waals surface area (Å²) in [5.41, 5.74) is -0.616. The Bertz CT molecular complexity index is 349. The second-order valence-corrected chi connectivity index (χ2v) is 6.12. The van der Waals surface area contributed by atoms with E-state index in [1.807, 2.05) is 13.8 Å². The van der Waals surface area contributed by atoms with Crippen molar-refractivity contribution in [1.29, 1.82) is 0 Å². The molecule has 0 radical (unpaired) electrons. The van der Waals surface area contributed by atoms with Crippen LogP contribution in [0.1, 0.15) is 34.6 Å². The van der Waals surface area contributed by atoms with E-state index in [1.54, 1.807) is 20.8 Å². The van der Waals surface area contributed by atoms with Crippen LogP contribution in [-0.4, -0.2) is 64.3 Å². The Morgan fingerprint density at radius 2 is 1.84 bits per heavy atom. The zero-order valence-electron chi connectivity index (χ0n) is 12.3. The average molecular weight is 272 g/mol. The van der Waals surface area contributed by atoms with E-state index in [9.17, 15) is 14.7 Å². The van der Waals surface area contributed by atoms with Gasteiger partial charge in [-0.3, -0.25) is 9.80 Å². The lowest BCUT2D eigenvalue weighted by Gasteiger charge is -2.41. The molecule has 6 nitrogen and oxygen atoms in total. The predicted octanol–water partition coefficient (Wildman–Crippen LogP) is 1.40. The van der Waals surface area contributed by atoms with Crippen molar-refractivity contribution in [3.8, 4) is 0 Å². The summed E-state index contributed by atoms with van der Waals surface area (Å²) in [6.45, 7) is 10.7. The van der Waals surface area contributed by atoms with Crippen molar-refractivity contribution in [2.75, 3.05) is 19.6 Å². The highest BCUT2D eigenvalue weighted by Gasteiger charge is 2.37. The van der Waals surface area contributed by atoms with Gasteiger partial charge in [0.2, 0.25) is 0 Å². The molecule has 0 aromatic heterocycles. The number of carbonyl (C=O) groups is 2. The summed E-state index contributed by atoms with van der Waals surface area (Å²) in [5.74, 6) is -0.990. The van der Waals surface area contributed by atoms with Crippen LogP contribution in [0, 0.1) is 0 Å². The first-order valence-corrected chi connectivity index (χ1v) is 6.58. The summed E-state index contributed by atoms with van der Waals surface area (Å²) in [5, 5.41) is 9.28. The number of carboxylic acids is 1. The molecule has 1 aliphatic rings. The van der Waals surface area contributed by atoms with E-state index in [2.05, 4.69) is 4.90 Å². The third kappa shape index (κ3) is 4.38. The molecular weight excluding hydrogens is 248 g/mol. The molecule has 0 aromatic rings. The van der Waals surface area contributed by atoms with E-state index < -0.39 is 23.7 Å². The second-order valence-electron chi connectivity index (χ2n) is 6.12. The van der Waals surface area contributed by atoms with E-state index >= 15 is 0 Å². The standard InChI is InChI=1S/C13H24N2O4/c1-9(2)14-6-7-15(10(8-14)11(16)17)12(18)19-13(3,4)5/h9-10H,6-8H2,1-5H3,(H,16,17)/t10-/m1/s1. The van der Waals surface area contributed by atoms with Crippen LogP contribution in [0.25, 0.3) is 0 Å². The average Bonchev–Trinajstić information content (AvgIpc) is 2.25. The topological polar surface area (TPSA) is 70.1 Å². The predicted molar refractivity (Wildman–Crippen MR) is 71.1 cm³/mol. The molecule has 1 fully saturated rings. The summed E-state index contributed by atoms with van der Waals surface area (Å²) in [6.07, 6.45) is -0.552. The van der Waals surface area contributed by atoms with Crippen LogP contribution in [0.2, 0.25) is 0 Å². The number of ether oxygens (including phenoxy) is 1. The molecule has 0 spiro atoms. The fraction of sp³-hybridized carbons (Fsp3) is 0.846. The molecule has 6 heteroatoms. The quantitative estimate of drug-likeness (QED) is 0.823. The van der Waals surface area contributed by atoms with E-state index in [-0.39, 0.29) is 6.04 Å². The molecule has 1 aliphatic heterocycles. The highest BCUT2D eigenvalue weighted by Crippen LogP contribution is 2.17. The molecule has 0 aromatic carbocycles. The monoisotopic (exact) mass is 272 g/mol. The van der Waals surface area contributed by atoms with Gasteiger partial charge in [0.1, 0.15) is 11.6 Å². The van der Waals surface area contributed by atoms with E-state index in [0.29, 0.717) is 19.6 Å². The Hall–Kier alpha value is -1.30. The molecule has 0 saturated carbocycles. The Kier molecular flexibility index (Phi) is 4.79. The van der Waals surface area contributed by atoms with Crippen molar-refractivity contribution in [2.24, 2.45) is 0 Å². The Morgan fingerprint density at radius 1 is 1.26 bits per heavy atom. The maximum absolute atomic E-state index is 12.0. The number of aliphatic carboxylic acids is 1. The van der Waals surface area contributed by atoms with Gasteiger partial charge in [0.15, 0.2) is 0 Å². The number of carboxylic acid groups (broad SMARTS) is 1. The van der Waals surface area contributed by atoms with Gasteiger partial charge in [-0.1, -0.05) is 0 Å². The molecule has 1 heterocycles. The fourth-order valence-electron chi connectivity index (χ4n) is 2.02. The number of hydrogen-bond acceptors (Lipinski definition) is 4. The maximum atomic E-state index is 12.0. The summed E-state index contributed by atoms with van der Waals surface area (Å²) in [7, 11) is 0. The second kappa shape index (κ2) is 5.77. The first-order chi connectivity index (χ1) is 8.61. The molecule has 0 aliphatic carbocycles. The molecule has 1 saturated heterocycles. The normalized spacial score (nSPS) is 21.6. The van der Waals surface area contributed by atoms with Gasteiger partial charge in [-0.2, -0.15) is 0 Å². The lowest BCUT2D eigenvalue weighted by Crippen LogP contribution is -2.60. The molecule has 0 unspecified atom stereocenters. The molecule has 19 heavy (non-hydrogen) atoms. The highest BCUT2D eigenvalue weighted by atomic mass is 16.6. The fourth-order valence-corrected chi connectivity index (χ4v) is 2.02. The number of nitrogens with zero attached hydrogens (tertiary/aromatic N) is 2. The minimum Gasteiger partial charge on any atom is -0.480 e. The maximum Gasteiger partial charge on any atom is 0.411 e. The molecule has 110 valence electrons. The number of rotatable bonds is 2. The summed E-state index contributed by atoms with van der Waals surface area (Å²) >= 11 is 0. The first-order valence-electron chi connectivity index (χ1n) is 6.58. The van der Waals surface area contributed by atoms with Crippen LogP contribution in [0.15, 0.2) is 0 Å². The lowest BCUT2D eigenvalue weighted by atomic mass is 10.1. The number of hydrogen-bond donors (Lipinski definition) is 1. The van der Waals surface area contributed by atoms with Crippen molar-refractivity contribution in [3.05, 3.63) is 0 Å². The number of amides is 1. The third-order valence-electron chi connectivity index (χ3n) is 3.06. The van der Waals surface area contributed by atoms with Gasteiger partial charge in [-0.25, -0.2) is 9.59 Å². The zero-order valence-corrected chi connectivity index (χ0v) is 12.3. The number of piperazine rings is 1. The first kappa shape index (κ1) is 15.8. The molecule has 1 atom stereocenters. The van der Waals surface area contributed by atoms with Gasteiger partial charge in [-0.05, 0) is 34.6 Å². The van der Waals surface area contributed by atoms with Crippen molar-refractivity contribution < 1.29 is 19.4 Å². The Balaban J connectivity index is 2.77. The Morgan fingerprint density at radius 3 is 2.26 bits per heavy atom. The van der Waals surface area contributed by atoms with E-state index in [0.717, 1.165) is 0 Å². The van der Waals surface area contributed by atoms with Crippen LogP contribution < -0.4 is 0 Å². The molecule has 1 rings (SSSR count). The van der Waals surface area contributed by atoms with Gasteiger partial charge in [0.25, 0.3) is 0 Å². The minimum absolute atomic E-state index is 0.266. The highest BCUT2D eigenvalue weighted by molar-refractivity contribution is 5.80. The van der Waals surface area contributed by atoms with Gasteiger partial charge in [-0.15, -0.1) is 0 Å². The van der Waals surface area contributed by atoms with Crippen LogP contribution in [0.4, 0.5) is 4.79 Å². The van der Waals surface area contributed by atoms with Crippen LogP contribution in [0.5, 0.6) is 0 Å². The summed E-state index contributed by atoms with van der Waals surface area (Å²) in [6, 6.07) is -0.575. The zero-order chi connectivity index (χ0) is 14.8. The van der Waals surface area contributed by atoms with Crippen LogP contribution in [0.3, 0.4) is 0 Å². The smallest absolute Gasteiger partial charge is 0.411 e. The van der Waals surface area contributed by atoms with Crippen molar-refractivity contribution in [1.82, 2.24) is 9.80 Å². The summed E-state index contributed by atoms with van der Waals surface area (Å²) in [4.78, 5) is 26.7. The van der Waals surface area contributed by atoms with Gasteiger partial charge in [0.05, 0.1) is 0 Å².